The average molecular weight is 1550 g/mol. The van der Waals surface area contributed by atoms with Crippen molar-refractivity contribution < 1.29 is 91.7 Å². The number of thiazole rings is 5. The minimum atomic E-state index is -1.90. The van der Waals surface area contributed by atoms with E-state index in [1.54, 1.807) is 56.4 Å². The Hall–Kier alpha value is -9.62. The summed E-state index contributed by atoms with van der Waals surface area (Å²) in [6.45, 7) is 10.5. The number of ether oxygens (including phenoxy) is 7. The standard InChI is InChI=1S/C67H71N15O19S5/c1-28(54(68)85)69-55(86)37-25-105-63(74-37)48-42(84)18-33-47(76-48)36-23-103-61(71-36)35-22-98-65(91)50-34-21-96-51(52(101-43-19-67(5,93)53(80(6)7)31(4)100-43)66(92)97-20-32-10-9-11-41(44(32)34)82(50)99-17-14-81-12-15-95-16-13-81)49(64-75-38(26-106-64)56(87)70-35)79-58(89)40-27-104-62(73-40)46(30(3)94-8)78-59(90)45(29(2)83)77-57(88)39-24-102-60(33)72-39/h9-11,18,23-27,29,31,35,43,45,49,51-53,83-84,93H,1,12-17,19-22H2,2-8H3,(H2,68,85)(H,69,86)(H,70,87)(H,77,88)(H,78,90)(H,79,89)/b46-30-. The second-order valence-electron chi connectivity index (χ2n) is 25.6. The molecule has 12 bridgehead atoms. The number of benzene rings is 1. The van der Waals surface area contributed by atoms with Gasteiger partial charge in [0.15, 0.2) is 18.1 Å². The number of allylic oxidation sites excluding steroid dienone is 1. The molecule has 0 spiro atoms. The molecule has 10 atom stereocenters. The SMILES string of the molecule is C=C(NC(=O)c1csc(-c2nc3c(cc2O)-c2nc(cs2)C(=O)NC(C(C)O)C(=O)N/C(=C(/C)OC)c2nc(cs2)C(=O)NC2c4nc(cs4)C(=O)NC(COC(=O)c4c5c6c(cccc6n4OCCN4CCOCC4)COC(=O)C(OC4CC(C)(O)C(N(C)C)C(C)O4)C2OC5)c2nc-3cs2)n1)C(N)=O. The molecule has 7 aromatic heterocycles. The van der Waals surface area contributed by atoms with Crippen LogP contribution in [0.25, 0.3) is 49.3 Å². The lowest BCUT2D eigenvalue weighted by atomic mass is 9.85. The average Bonchev–Trinajstić information content (AvgIpc) is 1.64. The first-order chi connectivity index (χ1) is 50.7. The Bertz CT molecular complexity index is 4820. The molecule has 34 nitrogen and oxygen atoms in total. The van der Waals surface area contributed by atoms with Crippen LogP contribution in [-0.4, -0.2) is 223 Å². The Labute approximate surface area is 622 Å². The molecule has 558 valence electrons. The number of pyridine rings is 1. The molecule has 6 amide bonds. The number of aliphatic hydroxyl groups excluding tert-OH is 1. The van der Waals surface area contributed by atoms with Gasteiger partial charge in [-0.1, -0.05) is 18.7 Å². The minimum absolute atomic E-state index is 0.00225. The van der Waals surface area contributed by atoms with E-state index in [9.17, 15) is 34.5 Å². The lowest BCUT2D eigenvalue weighted by molar-refractivity contribution is -0.280. The third-order valence-corrected chi connectivity index (χ3v) is 22.5. The molecule has 10 N–H and O–H groups in total. The number of primary amides is 1. The summed E-state index contributed by atoms with van der Waals surface area (Å²) in [4.78, 5) is 155. The van der Waals surface area contributed by atoms with Gasteiger partial charge < -0.3 is 90.5 Å². The van der Waals surface area contributed by atoms with Crippen molar-refractivity contribution in [3.05, 3.63) is 124 Å². The highest BCUT2D eigenvalue weighted by Crippen LogP contribution is 2.43. The van der Waals surface area contributed by atoms with Gasteiger partial charge in [0.2, 0.25) is 5.91 Å². The number of carbonyl (C=O) groups is 8. The Morgan fingerprint density at radius 2 is 1.54 bits per heavy atom. The zero-order valence-corrected chi connectivity index (χ0v) is 61.8. The molecule has 2 saturated heterocycles. The highest BCUT2D eigenvalue weighted by atomic mass is 32.1. The highest BCUT2D eigenvalue weighted by Gasteiger charge is 2.50. The number of morpholine rings is 1. The number of rotatable bonds is 13. The van der Waals surface area contributed by atoms with Crippen LogP contribution in [-0.2, 0) is 60.8 Å². The number of aromatic nitrogens is 7. The first kappa shape index (κ1) is 74.6. The van der Waals surface area contributed by atoms with Gasteiger partial charge in [0.1, 0.15) is 126 Å². The van der Waals surface area contributed by atoms with E-state index in [1.165, 1.54) is 53.3 Å². The Kier molecular flexibility index (Phi) is 21.9. The third-order valence-electron chi connectivity index (χ3n) is 18.0. The van der Waals surface area contributed by atoms with Gasteiger partial charge >= 0.3 is 11.9 Å². The molecule has 8 aromatic rings. The van der Waals surface area contributed by atoms with Gasteiger partial charge in [-0.3, -0.25) is 33.7 Å². The molecule has 0 aliphatic carbocycles. The predicted molar refractivity (Wildman–Crippen MR) is 382 cm³/mol. The van der Waals surface area contributed by atoms with Crippen molar-refractivity contribution in [2.24, 2.45) is 5.73 Å². The van der Waals surface area contributed by atoms with Crippen LogP contribution in [0.15, 0.2) is 69.2 Å². The molecule has 2 fully saturated rings. The Morgan fingerprint density at radius 3 is 2.26 bits per heavy atom. The largest absolute Gasteiger partial charge is 0.506 e. The Morgan fingerprint density at radius 1 is 0.858 bits per heavy atom. The molecule has 106 heavy (non-hydrogen) atoms. The van der Waals surface area contributed by atoms with E-state index < -0.39 is 139 Å². The van der Waals surface area contributed by atoms with Gasteiger partial charge in [-0.25, -0.2) is 39.5 Å². The van der Waals surface area contributed by atoms with Crippen molar-refractivity contribution in [2.45, 2.75) is 108 Å². The lowest BCUT2D eigenvalue weighted by Gasteiger charge is -2.48. The molecule has 0 radical (unpaired) electrons. The zero-order chi connectivity index (χ0) is 75.2. The van der Waals surface area contributed by atoms with Crippen LogP contribution in [0.4, 0.5) is 0 Å². The third kappa shape index (κ3) is 15.4. The molecule has 12 heterocycles. The second-order valence-corrected chi connectivity index (χ2v) is 30.0. The zero-order valence-electron chi connectivity index (χ0n) is 57.7. The van der Waals surface area contributed by atoms with Crippen molar-refractivity contribution >= 4 is 121 Å². The minimum Gasteiger partial charge on any atom is -0.506 e. The summed E-state index contributed by atoms with van der Waals surface area (Å²) in [6, 6.07) is 1.12. The normalized spacial score (nSPS) is 24.1. The smallest absolute Gasteiger partial charge is 0.358 e. The monoisotopic (exact) mass is 1550 g/mol. The van der Waals surface area contributed by atoms with Gasteiger partial charge in [-0.2, -0.15) is 4.73 Å². The van der Waals surface area contributed by atoms with E-state index in [4.69, 9.17) is 58.7 Å². The molecule has 13 rings (SSSR count). The molecule has 0 saturated carbocycles. The van der Waals surface area contributed by atoms with Gasteiger partial charge in [-0.15, -0.1) is 56.7 Å². The van der Waals surface area contributed by atoms with Crippen LogP contribution in [0, 0.1) is 0 Å². The summed E-state index contributed by atoms with van der Waals surface area (Å²) in [6.07, 6.45) is -7.50. The summed E-state index contributed by atoms with van der Waals surface area (Å²) in [5, 5.41) is 56.1. The number of hydrogen-bond donors (Lipinski definition) is 9. The number of cyclic esters (lactones) is 2. The molecule has 5 aliphatic heterocycles. The van der Waals surface area contributed by atoms with Gasteiger partial charge in [0.25, 0.3) is 29.5 Å². The second kappa shape index (κ2) is 31.1. The first-order valence-electron chi connectivity index (χ1n) is 33.0. The van der Waals surface area contributed by atoms with Gasteiger partial charge in [0.05, 0.1) is 62.0 Å². The van der Waals surface area contributed by atoms with E-state index in [2.05, 4.69) is 53.0 Å². The fourth-order valence-electron chi connectivity index (χ4n) is 12.9. The number of aliphatic hydroxyl groups is 2. The number of carbonyl (C=O) groups excluding carboxylic acids is 8. The van der Waals surface area contributed by atoms with Gasteiger partial charge in [-0.05, 0) is 59.5 Å². The molecular weight excluding hydrogens is 1480 g/mol. The molecule has 10 unspecified atom stereocenters. The van der Waals surface area contributed by atoms with Crippen LogP contribution in [0.2, 0.25) is 0 Å². The van der Waals surface area contributed by atoms with E-state index >= 15 is 19.2 Å². The number of methoxy groups -OCH3 is 1. The fraction of sp³-hybridized carbons (Fsp3) is 0.403. The number of nitrogens with one attached hydrogen (secondary N) is 5. The maximum atomic E-state index is 15.7. The molecule has 5 aliphatic rings. The summed E-state index contributed by atoms with van der Waals surface area (Å²) in [5.41, 5.74) is 2.97. The number of nitrogens with zero attached hydrogens (tertiary/aromatic N) is 9. The summed E-state index contributed by atoms with van der Waals surface area (Å²) in [7, 11) is 4.88. The van der Waals surface area contributed by atoms with Crippen LogP contribution in [0.5, 0.6) is 5.75 Å². The predicted octanol–water partition coefficient (Wildman–Crippen LogP) is 3.42. The van der Waals surface area contributed by atoms with Crippen LogP contribution in [0.1, 0.15) is 125 Å². The Balaban J connectivity index is 1.00. The van der Waals surface area contributed by atoms with E-state index in [0.29, 0.717) is 49.3 Å². The highest BCUT2D eigenvalue weighted by molar-refractivity contribution is 7.14. The van der Waals surface area contributed by atoms with E-state index in [0.717, 1.165) is 56.7 Å². The van der Waals surface area contributed by atoms with Crippen molar-refractivity contribution in [3.63, 3.8) is 0 Å². The summed E-state index contributed by atoms with van der Waals surface area (Å²) in [5.74, 6) is -8.00. The maximum absolute atomic E-state index is 15.7. The van der Waals surface area contributed by atoms with Crippen LogP contribution < -0.4 is 37.2 Å². The van der Waals surface area contributed by atoms with Crippen molar-refractivity contribution in [2.75, 3.05) is 67.3 Å². The summed E-state index contributed by atoms with van der Waals surface area (Å²) >= 11 is 4.57. The van der Waals surface area contributed by atoms with Crippen molar-refractivity contribution in [3.8, 4) is 38.4 Å². The number of likely N-dealkylation sites (N-methyl/N-ethyl adjacent to an activating group) is 1. The van der Waals surface area contributed by atoms with E-state index in [1.807, 2.05) is 0 Å². The van der Waals surface area contributed by atoms with Crippen molar-refractivity contribution in [1.82, 2.24) is 71.0 Å². The van der Waals surface area contributed by atoms with Crippen LogP contribution in [0.3, 0.4) is 0 Å². The lowest BCUT2D eigenvalue weighted by Crippen LogP contribution is -2.62. The number of nitrogens with two attached hydrogens (primary N) is 1. The number of amides is 6. The van der Waals surface area contributed by atoms with Crippen molar-refractivity contribution in [1.29, 1.82) is 0 Å². The summed E-state index contributed by atoms with van der Waals surface area (Å²) < 4.78 is 45.5. The number of esters is 2. The van der Waals surface area contributed by atoms with Gasteiger partial charge in [0, 0.05) is 69.5 Å². The van der Waals surface area contributed by atoms with Crippen LogP contribution >= 0.6 is 56.7 Å². The first-order valence-corrected chi connectivity index (χ1v) is 37.4. The quantitative estimate of drug-likeness (QED) is 0.0453. The maximum Gasteiger partial charge on any atom is 0.358 e. The number of hydrogen-bond acceptors (Lipinski definition) is 32. The molecule has 1 aromatic carbocycles. The fourth-order valence-corrected chi connectivity index (χ4v) is 17.1. The number of aromatic hydroxyl groups is 1. The molecule has 39 heteroatoms. The topological polar surface area (TPSA) is 446 Å². The van der Waals surface area contributed by atoms with E-state index in [-0.39, 0.29) is 106 Å². The number of fused-ring (bicyclic) bond motifs is 15. The molecular formula is C67H71N15O19S5.